The smallest absolute Gasteiger partial charge is 0.335 e. The summed E-state index contributed by atoms with van der Waals surface area (Å²) in [5.41, 5.74) is 0.768. The molecule has 4 rings (SSSR count). The molecule has 10 nitrogen and oxygen atoms in total. The standard InChI is InChI=1S/C19H19N3O7S/c1-12-8-15-17-20(18(12)24)9-14(11-28-30(2,26)27)22(17)16(23)10-21(15)29-19(25)13-6-4-3-5-7-13/h3-8,14H,9-11H2,1-2H3. The lowest BCUT2D eigenvalue weighted by Crippen LogP contribution is -2.50. The molecular weight excluding hydrogens is 414 g/mol. The quantitative estimate of drug-likeness (QED) is 0.624. The molecule has 0 N–H and O–H groups in total. The second-order valence-electron chi connectivity index (χ2n) is 7.14. The van der Waals surface area contributed by atoms with Crippen molar-refractivity contribution in [1.29, 1.82) is 0 Å². The molecule has 2 aliphatic heterocycles. The summed E-state index contributed by atoms with van der Waals surface area (Å²) in [5.74, 6) is -0.834. The van der Waals surface area contributed by atoms with E-state index in [1.807, 2.05) is 0 Å². The minimum Gasteiger partial charge on any atom is -0.335 e. The first-order valence-corrected chi connectivity index (χ1v) is 10.9. The van der Waals surface area contributed by atoms with Crippen LogP contribution in [0.25, 0.3) is 0 Å². The number of amides is 1. The number of nitrogens with zero attached hydrogens (tertiary/aromatic N) is 3. The molecule has 0 radical (unpaired) electrons. The Labute approximate surface area is 172 Å². The third-order valence-corrected chi connectivity index (χ3v) is 5.46. The average molecular weight is 433 g/mol. The lowest BCUT2D eigenvalue weighted by Gasteiger charge is -2.35. The van der Waals surface area contributed by atoms with Crippen molar-refractivity contribution in [2.75, 3.05) is 29.4 Å². The van der Waals surface area contributed by atoms with Crippen LogP contribution in [0.4, 0.5) is 11.5 Å². The molecule has 0 saturated heterocycles. The first kappa shape index (κ1) is 20.1. The zero-order chi connectivity index (χ0) is 21.6. The first-order chi connectivity index (χ1) is 14.2. The van der Waals surface area contributed by atoms with E-state index in [9.17, 15) is 22.8 Å². The Hall–Kier alpha value is -3.18. The number of carbonyl (C=O) groups is 2. The molecule has 0 fully saturated rings. The van der Waals surface area contributed by atoms with E-state index in [-0.39, 0.29) is 31.1 Å². The maximum atomic E-state index is 12.9. The molecule has 0 aliphatic carbocycles. The van der Waals surface area contributed by atoms with E-state index in [1.165, 1.54) is 9.47 Å². The van der Waals surface area contributed by atoms with Gasteiger partial charge in [0.25, 0.3) is 21.6 Å². The summed E-state index contributed by atoms with van der Waals surface area (Å²) in [5, 5.41) is 1.16. The molecule has 2 aromatic rings. The molecule has 1 amide bonds. The summed E-state index contributed by atoms with van der Waals surface area (Å²) < 4.78 is 29.0. The minimum absolute atomic E-state index is 0.0740. The molecule has 0 saturated carbocycles. The molecule has 11 heteroatoms. The van der Waals surface area contributed by atoms with Gasteiger partial charge in [-0.2, -0.15) is 13.5 Å². The molecule has 30 heavy (non-hydrogen) atoms. The Balaban J connectivity index is 1.70. The highest BCUT2D eigenvalue weighted by Crippen LogP contribution is 2.39. The number of hydroxylamine groups is 1. The van der Waals surface area contributed by atoms with Gasteiger partial charge < -0.3 is 4.84 Å². The zero-order valence-corrected chi connectivity index (χ0v) is 17.1. The van der Waals surface area contributed by atoms with Gasteiger partial charge in [-0.1, -0.05) is 18.2 Å². The van der Waals surface area contributed by atoms with E-state index in [4.69, 9.17) is 9.02 Å². The number of pyridine rings is 1. The fourth-order valence-electron chi connectivity index (χ4n) is 3.59. The van der Waals surface area contributed by atoms with Crippen LogP contribution in [0.3, 0.4) is 0 Å². The lowest BCUT2D eigenvalue weighted by atomic mass is 10.2. The third kappa shape index (κ3) is 3.57. The van der Waals surface area contributed by atoms with E-state index in [2.05, 4.69) is 0 Å². The molecule has 3 heterocycles. The number of hydrogen-bond acceptors (Lipinski definition) is 8. The van der Waals surface area contributed by atoms with Crippen molar-refractivity contribution < 1.29 is 27.0 Å². The SMILES string of the molecule is Cc1cc2c3n(c1=O)CC(COS(C)(=O)=O)N3C(=O)CN2OC(=O)c1ccccc1. The van der Waals surface area contributed by atoms with Crippen molar-refractivity contribution in [3.05, 3.63) is 57.9 Å². The predicted molar refractivity (Wildman–Crippen MR) is 107 cm³/mol. The fraction of sp³-hybridized carbons (Fsp3) is 0.316. The number of benzene rings is 1. The molecule has 0 bridgehead atoms. The van der Waals surface area contributed by atoms with Crippen LogP contribution in [0.1, 0.15) is 15.9 Å². The van der Waals surface area contributed by atoms with Gasteiger partial charge in [-0.15, -0.1) is 0 Å². The van der Waals surface area contributed by atoms with E-state index in [0.29, 0.717) is 16.8 Å². The lowest BCUT2D eigenvalue weighted by molar-refractivity contribution is -0.119. The second-order valence-corrected chi connectivity index (χ2v) is 8.78. The molecule has 1 aromatic heterocycles. The van der Waals surface area contributed by atoms with Gasteiger partial charge in [0.15, 0.2) is 0 Å². The van der Waals surface area contributed by atoms with Gasteiger partial charge >= 0.3 is 5.97 Å². The van der Waals surface area contributed by atoms with E-state index >= 15 is 0 Å². The second kappa shape index (κ2) is 7.26. The highest BCUT2D eigenvalue weighted by Gasteiger charge is 2.43. The number of carbonyl (C=O) groups excluding carboxylic acids is 2. The Morgan fingerprint density at radius 1 is 1.20 bits per heavy atom. The van der Waals surface area contributed by atoms with E-state index in [0.717, 1.165) is 11.3 Å². The van der Waals surface area contributed by atoms with Crippen molar-refractivity contribution >= 4 is 33.5 Å². The molecule has 2 aliphatic rings. The highest BCUT2D eigenvalue weighted by atomic mass is 32.2. The number of hydrogen-bond donors (Lipinski definition) is 0. The summed E-state index contributed by atoms with van der Waals surface area (Å²) in [7, 11) is -3.72. The predicted octanol–water partition coefficient (Wildman–Crippen LogP) is 0.440. The van der Waals surface area contributed by atoms with Crippen LogP contribution < -0.4 is 15.5 Å². The summed E-state index contributed by atoms with van der Waals surface area (Å²) in [4.78, 5) is 44.8. The molecule has 1 unspecified atom stereocenters. The van der Waals surface area contributed by atoms with Gasteiger partial charge in [0.1, 0.15) is 18.1 Å². The average Bonchev–Trinajstić information content (AvgIpc) is 3.08. The molecule has 158 valence electrons. The van der Waals surface area contributed by atoms with E-state index < -0.39 is 28.0 Å². The Morgan fingerprint density at radius 3 is 2.57 bits per heavy atom. The summed E-state index contributed by atoms with van der Waals surface area (Å²) >= 11 is 0. The molecule has 1 atom stereocenters. The minimum atomic E-state index is -3.72. The third-order valence-electron chi connectivity index (χ3n) is 4.90. The van der Waals surface area contributed by atoms with Crippen LogP contribution in [-0.4, -0.2) is 50.3 Å². The van der Waals surface area contributed by atoms with Crippen LogP contribution in [0.5, 0.6) is 0 Å². The van der Waals surface area contributed by atoms with Gasteiger partial charge in [-0.3, -0.25) is 23.2 Å². The van der Waals surface area contributed by atoms with E-state index in [1.54, 1.807) is 43.3 Å². The number of anilines is 2. The van der Waals surface area contributed by atoms with Gasteiger partial charge in [-0.05, 0) is 25.1 Å². The summed E-state index contributed by atoms with van der Waals surface area (Å²) in [6.07, 6.45) is 0.916. The molecule has 1 aromatic carbocycles. The summed E-state index contributed by atoms with van der Waals surface area (Å²) in [6.45, 7) is 1.13. The maximum absolute atomic E-state index is 12.9. The molecular formula is C19H19N3O7S. The highest BCUT2D eigenvalue weighted by molar-refractivity contribution is 7.85. The van der Waals surface area contributed by atoms with Crippen LogP contribution in [0, 0.1) is 6.92 Å². The zero-order valence-electron chi connectivity index (χ0n) is 16.3. The van der Waals surface area contributed by atoms with Crippen molar-refractivity contribution in [1.82, 2.24) is 4.57 Å². The normalized spacial score (nSPS) is 17.8. The Morgan fingerprint density at radius 2 is 1.90 bits per heavy atom. The number of aryl methyl sites for hydroxylation is 1. The monoisotopic (exact) mass is 433 g/mol. The maximum Gasteiger partial charge on any atom is 0.363 e. The van der Waals surface area contributed by atoms with Gasteiger partial charge in [-0.25, -0.2) is 4.79 Å². The largest absolute Gasteiger partial charge is 0.363 e. The van der Waals surface area contributed by atoms with Crippen LogP contribution >= 0.6 is 0 Å². The van der Waals surface area contributed by atoms with Crippen molar-refractivity contribution in [3.8, 4) is 0 Å². The van der Waals surface area contributed by atoms with Gasteiger partial charge in [0.05, 0.1) is 31.0 Å². The van der Waals surface area contributed by atoms with Crippen LogP contribution in [0.2, 0.25) is 0 Å². The van der Waals surface area contributed by atoms with Crippen molar-refractivity contribution in [3.63, 3.8) is 0 Å². The number of aromatic nitrogens is 1. The van der Waals surface area contributed by atoms with Gasteiger partial charge in [0, 0.05) is 5.56 Å². The number of rotatable bonds is 5. The summed E-state index contributed by atoms with van der Waals surface area (Å²) in [6, 6.07) is 9.19. The fourth-order valence-corrected chi connectivity index (χ4v) is 4.00. The van der Waals surface area contributed by atoms with Crippen molar-refractivity contribution in [2.45, 2.75) is 19.5 Å². The Kier molecular flexibility index (Phi) is 4.86. The van der Waals surface area contributed by atoms with Gasteiger partial charge in [0.2, 0.25) is 0 Å². The Bertz CT molecular complexity index is 1190. The van der Waals surface area contributed by atoms with Crippen molar-refractivity contribution in [2.24, 2.45) is 0 Å². The topological polar surface area (TPSA) is 115 Å². The van der Waals surface area contributed by atoms with Crippen LogP contribution in [0.15, 0.2) is 41.2 Å². The first-order valence-electron chi connectivity index (χ1n) is 9.11. The molecule has 0 spiro atoms. The van der Waals surface area contributed by atoms with Crippen LogP contribution in [-0.2, 0) is 30.5 Å².